The number of rotatable bonds is 8. The smallest absolute Gasteiger partial charge is 0.221 e. The van der Waals surface area contributed by atoms with Crippen LogP contribution in [0.2, 0.25) is 0 Å². The number of benzene rings is 4. The number of H-pyrrole nitrogens is 1. The predicted octanol–water partition coefficient (Wildman–Crippen LogP) is 7.18. The van der Waals surface area contributed by atoms with Gasteiger partial charge in [0.05, 0.1) is 11.4 Å². The summed E-state index contributed by atoms with van der Waals surface area (Å²) < 4.78 is 0. The summed E-state index contributed by atoms with van der Waals surface area (Å²) in [6.45, 7) is 1.15. The van der Waals surface area contributed by atoms with Gasteiger partial charge >= 0.3 is 0 Å². The molecule has 1 aliphatic heterocycles. The van der Waals surface area contributed by atoms with Crippen molar-refractivity contribution in [3.8, 4) is 0 Å². The molecule has 4 aromatic carbocycles. The van der Waals surface area contributed by atoms with E-state index in [1.165, 1.54) is 26.3 Å². The first-order chi connectivity index (χ1) is 19.1. The predicted molar refractivity (Wildman–Crippen MR) is 163 cm³/mol. The lowest BCUT2D eigenvalue weighted by Crippen LogP contribution is -2.32. The van der Waals surface area contributed by atoms with Crippen LogP contribution in [0.1, 0.15) is 23.5 Å². The van der Waals surface area contributed by atoms with E-state index in [9.17, 15) is 4.79 Å². The second-order valence-electron chi connectivity index (χ2n) is 10.1. The Hall–Kier alpha value is -4.16. The van der Waals surface area contributed by atoms with Crippen LogP contribution in [-0.4, -0.2) is 38.1 Å². The van der Waals surface area contributed by atoms with Crippen molar-refractivity contribution in [1.29, 1.82) is 0 Å². The zero-order chi connectivity index (χ0) is 26.8. The number of para-hydroxylation sites is 3. The van der Waals surface area contributed by atoms with Gasteiger partial charge in [0.25, 0.3) is 0 Å². The highest BCUT2D eigenvalue weighted by atomic mass is 32.2. The molecule has 1 aliphatic rings. The van der Waals surface area contributed by atoms with Gasteiger partial charge in [-0.15, -0.1) is 0 Å². The van der Waals surface area contributed by atoms with Gasteiger partial charge in [-0.25, -0.2) is 0 Å². The monoisotopic (exact) mass is 532 g/mol. The van der Waals surface area contributed by atoms with Crippen molar-refractivity contribution in [2.45, 2.75) is 22.1 Å². The first-order valence-corrected chi connectivity index (χ1v) is 14.1. The Balaban J connectivity index is 1.21. The fourth-order valence-electron chi connectivity index (χ4n) is 5.33. The van der Waals surface area contributed by atoms with E-state index in [4.69, 9.17) is 0 Å². The lowest BCUT2D eigenvalue weighted by atomic mass is 9.90. The molecule has 6 rings (SSSR count). The van der Waals surface area contributed by atoms with Gasteiger partial charge in [0.1, 0.15) is 0 Å². The summed E-state index contributed by atoms with van der Waals surface area (Å²) in [6.07, 6.45) is 2.49. The van der Waals surface area contributed by atoms with Crippen LogP contribution in [0, 0.1) is 0 Å². The number of hydrogen-bond acceptors (Lipinski definition) is 4. The zero-order valence-electron chi connectivity index (χ0n) is 22.2. The Labute approximate surface area is 233 Å². The minimum atomic E-state index is 0.0363. The Morgan fingerprint density at radius 1 is 0.872 bits per heavy atom. The fraction of sp³-hybridized carbons (Fsp3) is 0.182. The molecular weight excluding hydrogens is 500 g/mol. The topological polar surface area (TPSA) is 51.4 Å². The van der Waals surface area contributed by atoms with Crippen molar-refractivity contribution in [3.63, 3.8) is 0 Å². The maximum absolute atomic E-state index is 13.3. The van der Waals surface area contributed by atoms with Crippen molar-refractivity contribution in [2.24, 2.45) is 0 Å². The molecule has 2 N–H and O–H groups in total. The highest BCUT2D eigenvalue weighted by Gasteiger charge is 2.24. The van der Waals surface area contributed by atoms with Gasteiger partial charge in [0, 0.05) is 72.1 Å². The van der Waals surface area contributed by atoms with Crippen LogP contribution in [0.5, 0.6) is 0 Å². The molecule has 0 unspecified atom stereocenters. The standard InChI is InChI=1S/C33H32N4OS/c1-36(2)24-17-15-23(16-18-24)26(27-22-34-28-10-4-3-9-25(27)28)21-35-33(38)19-20-37-29-11-5-7-13-31(29)39-32-14-8-6-12-30(32)37/h3-18,22,26,34H,19-21H2,1-2H3,(H,35,38)/t26-/m0/s1. The van der Waals surface area contributed by atoms with Gasteiger partial charge in [-0.2, -0.15) is 0 Å². The molecule has 5 aromatic rings. The lowest BCUT2D eigenvalue weighted by molar-refractivity contribution is -0.120. The van der Waals surface area contributed by atoms with Crippen LogP contribution in [0.15, 0.2) is 113 Å². The van der Waals surface area contributed by atoms with E-state index >= 15 is 0 Å². The molecule has 6 heteroatoms. The molecule has 5 nitrogen and oxygen atoms in total. The van der Waals surface area contributed by atoms with Gasteiger partial charge in [-0.3, -0.25) is 4.79 Å². The largest absolute Gasteiger partial charge is 0.378 e. The number of carbonyl (C=O) groups excluding carboxylic acids is 1. The van der Waals surface area contributed by atoms with Crippen LogP contribution in [-0.2, 0) is 4.79 Å². The van der Waals surface area contributed by atoms with Gasteiger partial charge < -0.3 is 20.1 Å². The van der Waals surface area contributed by atoms with E-state index in [0.717, 1.165) is 22.6 Å². The van der Waals surface area contributed by atoms with Crippen molar-refractivity contribution < 1.29 is 4.79 Å². The minimum absolute atomic E-state index is 0.0363. The maximum atomic E-state index is 13.3. The van der Waals surface area contributed by atoms with Crippen LogP contribution in [0.4, 0.5) is 17.1 Å². The second kappa shape index (κ2) is 10.9. The van der Waals surface area contributed by atoms with Crippen LogP contribution in [0.25, 0.3) is 10.9 Å². The number of nitrogens with zero attached hydrogens (tertiary/aromatic N) is 2. The summed E-state index contributed by atoms with van der Waals surface area (Å²) >= 11 is 1.79. The number of nitrogens with one attached hydrogen (secondary N) is 2. The second-order valence-corrected chi connectivity index (χ2v) is 11.2. The molecule has 1 aromatic heterocycles. The molecule has 0 spiro atoms. The summed E-state index contributed by atoms with van der Waals surface area (Å²) in [5.41, 5.74) is 6.95. The van der Waals surface area contributed by atoms with Gasteiger partial charge in [0.2, 0.25) is 5.91 Å². The molecule has 0 bridgehead atoms. The van der Waals surface area contributed by atoms with Gasteiger partial charge in [0.15, 0.2) is 0 Å². The van der Waals surface area contributed by atoms with Crippen LogP contribution >= 0.6 is 11.8 Å². The van der Waals surface area contributed by atoms with Crippen molar-refractivity contribution >= 4 is 45.6 Å². The van der Waals surface area contributed by atoms with E-state index in [0.29, 0.717) is 19.5 Å². The molecule has 39 heavy (non-hydrogen) atoms. The average molecular weight is 533 g/mol. The highest BCUT2D eigenvalue weighted by molar-refractivity contribution is 7.99. The lowest BCUT2D eigenvalue weighted by Gasteiger charge is -2.32. The molecule has 196 valence electrons. The highest BCUT2D eigenvalue weighted by Crippen LogP contribution is 2.47. The first kappa shape index (κ1) is 25.1. The average Bonchev–Trinajstić information content (AvgIpc) is 3.39. The van der Waals surface area contributed by atoms with Crippen LogP contribution in [0.3, 0.4) is 0 Å². The summed E-state index contributed by atoms with van der Waals surface area (Å²) in [5.74, 6) is 0.0899. The maximum Gasteiger partial charge on any atom is 0.221 e. The normalized spacial score (nSPS) is 13.0. The number of aromatic nitrogens is 1. The molecule has 0 aliphatic carbocycles. The number of amides is 1. The van der Waals surface area contributed by atoms with E-state index < -0.39 is 0 Å². The van der Waals surface area contributed by atoms with E-state index in [-0.39, 0.29) is 11.8 Å². The van der Waals surface area contributed by atoms with Crippen molar-refractivity contribution in [2.75, 3.05) is 37.0 Å². The van der Waals surface area contributed by atoms with Crippen molar-refractivity contribution in [1.82, 2.24) is 10.3 Å². The molecule has 0 radical (unpaired) electrons. The zero-order valence-corrected chi connectivity index (χ0v) is 23.0. The minimum Gasteiger partial charge on any atom is -0.378 e. The molecule has 0 saturated carbocycles. The van der Waals surface area contributed by atoms with Crippen LogP contribution < -0.4 is 15.1 Å². The number of anilines is 3. The SMILES string of the molecule is CN(C)c1ccc([C@H](CNC(=O)CCN2c3ccccc3Sc3ccccc32)c2c[nH]c3ccccc23)cc1. The Morgan fingerprint density at radius 3 is 2.21 bits per heavy atom. The molecule has 1 atom stereocenters. The first-order valence-electron chi connectivity index (χ1n) is 13.3. The number of carbonyl (C=O) groups is 1. The number of fused-ring (bicyclic) bond motifs is 3. The van der Waals surface area contributed by atoms with Crippen molar-refractivity contribution in [3.05, 3.63) is 114 Å². The van der Waals surface area contributed by atoms with E-state index in [1.54, 1.807) is 11.8 Å². The Kier molecular flexibility index (Phi) is 7.03. The molecule has 0 fully saturated rings. The molecule has 1 amide bonds. The Morgan fingerprint density at radius 2 is 1.51 bits per heavy atom. The summed E-state index contributed by atoms with van der Waals surface area (Å²) in [7, 11) is 4.09. The summed E-state index contributed by atoms with van der Waals surface area (Å²) in [5, 5.41) is 4.45. The molecule has 2 heterocycles. The quantitative estimate of drug-likeness (QED) is 0.222. The molecule has 0 saturated heterocycles. The van der Waals surface area contributed by atoms with Gasteiger partial charge in [-0.1, -0.05) is 66.4 Å². The van der Waals surface area contributed by atoms with E-state index in [2.05, 4.69) is 117 Å². The summed E-state index contributed by atoms with van der Waals surface area (Å²) in [6, 6.07) is 33.8. The number of aromatic amines is 1. The van der Waals surface area contributed by atoms with Gasteiger partial charge in [-0.05, 0) is 53.6 Å². The Bertz CT molecular complexity index is 1560. The number of hydrogen-bond donors (Lipinski definition) is 2. The third-order valence-electron chi connectivity index (χ3n) is 7.41. The third-order valence-corrected chi connectivity index (χ3v) is 8.54. The molecular formula is C33H32N4OS. The summed E-state index contributed by atoms with van der Waals surface area (Å²) in [4.78, 5) is 23.5. The third kappa shape index (κ3) is 5.12. The van der Waals surface area contributed by atoms with E-state index in [1.807, 2.05) is 20.2 Å². The fourth-order valence-corrected chi connectivity index (χ4v) is 6.43.